The first-order chi connectivity index (χ1) is 11.1. The second-order valence-corrected chi connectivity index (χ2v) is 5.69. The van der Waals surface area contributed by atoms with Crippen molar-refractivity contribution in [3.8, 4) is 11.5 Å². The number of urea groups is 1. The highest BCUT2D eigenvalue weighted by Gasteiger charge is 2.38. The van der Waals surface area contributed by atoms with E-state index in [2.05, 4.69) is 5.32 Å². The predicted octanol–water partition coefficient (Wildman–Crippen LogP) is 2.41. The number of hydrogen-bond donors (Lipinski definition) is 1. The van der Waals surface area contributed by atoms with Gasteiger partial charge in [0, 0.05) is 30.3 Å². The van der Waals surface area contributed by atoms with Crippen molar-refractivity contribution in [1.29, 1.82) is 0 Å². The van der Waals surface area contributed by atoms with E-state index < -0.39 is 6.04 Å². The Morgan fingerprint density at radius 2 is 1.96 bits per heavy atom. The molecule has 0 unspecified atom stereocenters. The van der Waals surface area contributed by atoms with Gasteiger partial charge in [-0.25, -0.2) is 4.79 Å². The maximum Gasteiger partial charge on any atom is 0.322 e. The maximum absolute atomic E-state index is 12.5. The van der Waals surface area contributed by atoms with Gasteiger partial charge < -0.3 is 19.7 Å². The van der Waals surface area contributed by atoms with Crippen molar-refractivity contribution in [3.63, 3.8) is 0 Å². The average molecular weight is 316 g/mol. The van der Waals surface area contributed by atoms with E-state index in [4.69, 9.17) is 9.47 Å². The van der Waals surface area contributed by atoms with Crippen molar-refractivity contribution in [2.24, 2.45) is 0 Å². The molecule has 6 heteroatoms. The standard InChI is InChI=1S/C17H20N2O4/c1-19-12-5-4-6-13(20)15(12)16(18-17(19)21)11-9-10(22-2)7-8-14(11)23-3/h7-9,16H,4-6H2,1-3H3,(H,18,21)/t16-/m0/s1. The second kappa shape index (κ2) is 5.95. The number of rotatable bonds is 3. The van der Waals surface area contributed by atoms with Crippen molar-refractivity contribution in [1.82, 2.24) is 10.2 Å². The minimum absolute atomic E-state index is 0.0768. The second-order valence-electron chi connectivity index (χ2n) is 5.69. The Hall–Kier alpha value is -2.50. The van der Waals surface area contributed by atoms with Gasteiger partial charge in [0.25, 0.3) is 0 Å². The number of ketones is 1. The molecule has 1 aliphatic heterocycles. The van der Waals surface area contributed by atoms with Crippen LogP contribution in [0.3, 0.4) is 0 Å². The Balaban J connectivity index is 2.16. The zero-order chi connectivity index (χ0) is 16.6. The molecule has 1 atom stereocenters. The van der Waals surface area contributed by atoms with Crippen LogP contribution in [0.2, 0.25) is 0 Å². The molecule has 0 radical (unpaired) electrons. The Labute approximate surface area is 135 Å². The topological polar surface area (TPSA) is 67.9 Å². The van der Waals surface area contributed by atoms with Gasteiger partial charge in [-0.2, -0.15) is 0 Å². The number of hydrogen-bond acceptors (Lipinski definition) is 4. The van der Waals surface area contributed by atoms with Crippen LogP contribution in [0.1, 0.15) is 30.9 Å². The molecule has 0 spiro atoms. The van der Waals surface area contributed by atoms with E-state index in [1.165, 1.54) is 4.90 Å². The van der Waals surface area contributed by atoms with Crippen LogP contribution < -0.4 is 14.8 Å². The summed E-state index contributed by atoms with van der Waals surface area (Å²) in [5.74, 6) is 1.35. The van der Waals surface area contributed by atoms with Crippen LogP contribution in [0, 0.1) is 0 Å². The molecule has 6 nitrogen and oxygen atoms in total. The van der Waals surface area contributed by atoms with Gasteiger partial charge >= 0.3 is 6.03 Å². The van der Waals surface area contributed by atoms with Gasteiger partial charge in [-0.1, -0.05) is 0 Å². The van der Waals surface area contributed by atoms with E-state index in [9.17, 15) is 9.59 Å². The molecule has 0 bridgehead atoms. The first-order valence-electron chi connectivity index (χ1n) is 7.59. The maximum atomic E-state index is 12.5. The predicted molar refractivity (Wildman–Crippen MR) is 84.5 cm³/mol. The number of benzene rings is 1. The van der Waals surface area contributed by atoms with E-state index in [0.717, 1.165) is 24.1 Å². The molecule has 1 aliphatic carbocycles. The molecular weight excluding hydrogens is 296 g/mol. The third-order valence-electron chi connectivity index (χ3n) is 4.44. The summed E-state index contributed by atoms with van der Waals surface area (Å²) < 4.78 is 10.7. The molecule has 3 rings (SSSR count). The number of nitrogens with one attached hydrogen (secondary N) is 1. The van der Waals surface area contributed by atoms with Crippen molar-refractivity contribution in [2.75, 3.05) is 21.3 Å². The van der Waals surface area contributed by atoms with Gasteiger partial charge in [0.05, 0.1) is 20.3 Å². The highest BCUT2D eigenvalue weighted by Crippen LogP contribution is 2.40. The van der Waals surface area contributed by atoms with Gasteiger partial charge in [0.1, 0.15) is 11.5 Å². The van der Waals surface area contributed by atoms with Crippen LogP contribution in [-0.4, -0.2) is 38.0 Å². The molecule has 2 aliphatic rings. The lowest BCUT2D eigenvalue weighted by atomic mass is 9.84. The van der Waals surface area contributed by atoms with Crippen LogP contribution in [-0.2, 0) is 4.79 Å². The quantitative estimate of drug-likeness (QED) is 0.930. The Kier molecular flexibility index (Phi) is 3.98. The monoisotopic (exact) mass is 316 g/mol. The van der Waals surface area contributed by atoms with Gasteiger partial charge in [0.15, 0.2) is 5.78 Å². The lowest BCUT2D eigenvalue weighted by molar-refractivity contribution is -0.116. The molecule has 1 heterocycles. The third kappa shape index (κ3) is 2.54. The minimum Gasteiger partial charge on any atom is -0.497 e. The number of Topliss-reactive ketones (excluding diaryl/α,β-unsaturated/α-hetero) is 1. The van der Waals surface area contributed by atoms with Crippen LogP contribution in [0.4, 0.5) is 4.79 Å². The SMILES string of the molecule is COc1ccc(OC)c([C@@H]2NC(=O)N(C)C3=C2C(=O)CCC3)c1. The number of nitrogens with zero attached hydrogens (tertiary/aromatic N) is 1. The Morgan fingerprint density at radius 1 is 1.17 bits per heavy atom. The number of carbonyl (C=O) groups excluding carboxylic acids is 2. The highest BCUT2D eigenvalue weighted by molar-refractivity contribution is 6.01. The number of ether oxygens (including phenoxy) is 2. The minimum atomic E-state index is -0.508. The molecule has 1 aromatic rings. The molecule has 0 aromatic heterocycles. The van der Waals surface area contributed by atoms with Gasteiger partial charge in [0.2, 0.25) is 0 Å². The van der Waals surface area contributed by atoms with Gasteiger partial charge in [-0.15, -0.1) is 0 Å². The van der Waals surface area contributed by atoms with E-state index in [0.29, 0.717) is 23.5 Å². The van der Waals surface area contributed by atoms with E-state index in [1.807, 2.05) is 6.07 Å². The van der Waals surface area contributed by atoms with Crippen molar-refractivity contribution >= 4 is 11.8 Å². The zero-order valence-electron chi connectivity index (χ0n) is 13.5. The summed E-state index contributed by atoms with van der Waals surface area (Å²) in [4.78, 5) is 26.3. The summed E-state index contributed by atoms with van der Waals surface area (Å²) in [5.41, 5.74) is 2.20. The summed E-state index contributed by atoms with van der Waals surface area (Å²) in [6.45, 7) is 0. The van der Waals surface area contributed by atoms with E-state index in [1.54, 1.807) is 33.4 Å². The van der Waals surface area contributed by atoms with Crippen LogP contribution in [0.15, 0.2) is 29.5 Å². The molecule has 1 N–H and O–H groups in total. The van der Waals surface area contributed by atoms with E-state index >= 15 is 0 Å². The molecule has 0 fully saturated rings. The normalized spacial score (nSPS) is 21.0. The fourth-order valence-electron chi connectivity index (χ4n) is 3.24. The van der Waals surface area contributed by atoms with Crippen LogP contribution in [0.5, 0.6) is 11.5 Å². The summed E-state index contributed by atoms with van der Waals surface area (Å²) in [7, 11) is 4.84. The van der Waals surface area contributed by atoms with Crippen molar-refractivity contribution < 1.29 is 19.1 Å². The Bertz CT molecular complexity index is 696. The number of methoxy groups -OCH3 is 2. The number of carbonyl (C=O) groups is 2. The lowest BCUT2D eigenvalue weighted by Gasteiger charge is -2.37. The largest absolute Gasteiger partial charge is 0.497 e. The average Bonchev–Trinajstić information content (AvgIpc) is 2.57. The van der Waals surface area contributed by atoms with Crippen molar-refractivity contribution in [2.45, 2.75) is 25.3 Å². The van der Waals surface area contributed by atoms with Gasteiger partial charge in [-0.3, -0.25) is 4.79 Å². The van der Waals surface area contributed by atoms with Crippen LogP contribution >= 0.6 is 0 Å². The zero-order valence-corrected chi connectivity index (χ0v) is 13.5. The molecule has 0 saturated carbocycles. The highest BCUT2D eigenvalue weighted by atomic mass is 16.5. The summed E-state index contributed by atoms with van der Waals surface area (Å²) in [5, 5.41) is 2.91. The summed E-state index contributed by atoms with van der Waals surface area (Å²) in [6, 6.07) is 4.66. The number of amides is 2. The smallest absolute Gasteiger partial charge is 0.322 e. The fraction of sp³-hybridized carbons (Fsp3) is 0.412. The molecule has 122 valence electrons. The molecular formula is C17H20N2O4. The molecule has 1 aromatic carbocycles. The molecule has 23 heavy (non-hydrogen) atoms. The van der Waals surface area contributed by atoms with Crippen LogP contribution in [0.25, 0.3) is 0 Å². The first-order valence-corrected chi connectivity index (χ1v) is 7.59. The fourth-order valence-corrected chi connectivity index (χ4v) is 3.24. The van der Waals surface area contributed by atoms with Crippen molar-refractivity contribution in [3.05, 3.63) is 35.0 Å². The lowest BCUT2D eigenvalue weighted by Crippen LogP contribution is -2.47. The number of allylic oxidation sites excluding steroid dienone is 1. The molecule has 2 amide bonds. The summed E-state index contributed by atoms with van der Waals surface area (Å²) >= 11 is 0. The third-order valence-corrected chi connectivity index (χ3v) is 4.44. The first kappa shape index (κ1) is 15.4. The molecule has 0 saturated heterocycles. The summed E-state index contributed by atoms with van der Waals surface area (Å²) in [6.07, 6.45) is 2.01. The Morgan fingerprint density at radius 3 is 2.65 bits per heavy atom. The van der Waals surface area contributed by atoms with E-state index in [-0.39, 0.29) is 11.8 Å². The van der Waals surface area contributed by atoms with Gasteiger partial charge in [-0.05, 0) is 31.0 Å².